The van der Waals surface area contributed by atoms with E-state index >= 15 is 0 Å². The lowest BCUT2D eigenvalue weighted by atomic mass is 9.96. The first-order valence-corrected chi connectivity index (χ1v) is 38.2. The fraction of sp³-hybridized carbons (Fsp3) is 0.134. The summed E-state index contributed by atoms with van der Waals surface area (Å²) in [6.07, 6.45) is 4.83. The molecule has 10 N–H and O–H groups in total. The summed E-state index contributed by atoms with van der Waals surface area (Å²) in [5.41, 5.74) is 18.0. The van der Waals surface area contributed by atoms with Crippen molar-refractivity contribution in [2.24, 2.45) is 0 Å². The molecule has 16 rings (SSSR count). The minimum Gasteiger partial charge on any atom is -0.508 e. The number of rotatable bonds is 15. The molecule has 6 aromatic carbocycles. The number of aromatic hydroxyl groups is 2. The van der Waals surface area contributed by atoms with Crippen LogP contribution in [0.5, 0.6) is 29.4 Å². The van der Waals surface area contributed by atoms with Crippen LogP contribution in [0.2, 0.25) is 0 Å². The van der Waals surface area contributed by atoms with Crippen LogP contribution in [0.15, 0.2) is 215 Å². The standard InChI is InChI=1S/C21H18N6O3S.C21H16N4O2S.C20H16N6O2S.C20H17N3O2S/c1-11-16(19-25-15(10-31-19)13-6-4-12(8-22)5-7-13)17(26-20(28)24-11)14-9-23-21(30-3)27-18(14)29-2;1-12-18(19(25-21(27)23-12)15-3-2-4-16(26)9-15)20-24-17(11-28-20)14-7-5-13(10-22)6-8-14;1-11-16(17(26-19(27)24-11)14-8-22-20(28-2)23-9-14)18-25-15(10-29-18)13-5-3-12(7-21)4-6-13;1-12-17(19-22-16(11-26-19)13-6-3-2-4-7-13)18(23-20(25)21-12)14-8-5-9-15(24)10-14/h4-7,9-10,17H,1-3H3,(H2,24,26,28);2-9,11,19,26H,1H3,(H2,23,25,27);3-6,8-10,17H,1-2H3,(H2,24,26,27);2-11,18,24H,1H3,(H2,21,23,25). The second-order valence-electron chi connectivity index (χ2n) is 25.4. The van der Waals surface area contributed by atoms with Gasteiger partial charge in [-0.15, -0.1) is 45.3 Å². The third-order valence-electron chi connectivity index (χ3n) is 18.0. The lowest BCUT2D eigenvalue weighted by molar-refractivity contribution is 0.239. The Balaban J connectivity index is 0.000000133. The summed E-state index contributed by atoms with van der Waals surface area (Å²) >= 11 is 5.95. The first-order chi connectivity index (χ1) is 55.3. The van der Waals surface area contributed by atoms with Crippen LogP contribution < -0.4 is 56.7 Å². The number of phenols is 2. The number of benzene rings is 6. The van der Waals surface area contributed by atoms with Crippen LogP contribution >= 0.6 is 45.3 Å². The van der Waals surface area contributed by atoms with E-state index in [-0.39, 0.29) is 53.7 Å². The molecule has 4 atom stereocenters. The number of allylic oxidation sites excluding steroid dienone is 4. The Morgan fingerprint density at radius 2 is 0.693 bits per heavy atom. The minimum absolute atomic E-state index is 0.139. The maximum Gasteiger partial charge on any atom is 0.319 e. The van der Waals surface area contributed by atoms with Crippen LogP contribution in [0.25, 0.3) is 67.3 Å². The number of ether oxygens (including phenoxy) is 3. The zero-order valence-corrected chi connectivity index (χ0v) is 64.9. The molecule has 4 aliphatic heterocycles. The first kappa shape index (κ1) is 77.7. The first-order valence-electron chi connectivity index (χ1n) is 34.7. The molecule has 12 aromatic rings. The monoisotopic (exact) mass is 1590 g/mol. The molecular weight excluding hydrogens is 1520 g/mol. The van der Waals surface area contributed by atoms with Gasteiger partial charge in [-0.05, 0) is 99.5 Å². The smallest absolute Gasteiger partial charge is 0.319 e. The number of carbonyl (C=O) groups excluding carboxylic acids is 4. The fourth-order valence-corrected chi connectivity index (χ4v) is 16.4. The number of nitrogens with zero attached hydrogens (tertiary/aromatic N) is 11. The molecule has 28 nitrogen and oxygen atoms in total. The van der Waals surface area contributed by atoms with Crippen molar-refractivity contribution in [3.05, 3.63) is 274 Å². The van der Waals surface area contributed by atoms with Gasteiger partial charge in [0.05, 0.1) is 109 Å². The maximum atomic E-state index is 12.2. The van der Waals surface area contributed by atoms with E-state index < -0.39 is 18.1 Å². The van der Waals surface area contributed by atoms with Gasteiger partial charge in [0.1, 0.15) is 31.5 Å². The number of hydrogen-bond donors (Lipinski definition) is 10. The molecule has 0 saturated carbocycles. The lowest BCUT2D eigenvalue weighted by Crippen LogP contribution is -2.43. The molecule has 4 aliphatic rings. The summed E-state index contributed by atoms with van der Waals surface area (Å²) < 4.78 is 15.5. The molecule has 0 saturated heterocycles. The van der Waals surface area contributed by atoms with E-state index in [1.54, 1.807) is 91.4 Å². The molecule has 4 unspecified atom stereocenters. The number of nitriles is 3. The van der Waals surface area contributed by atoms with E-state index in [2.05, 4.69) is 80.7 Å². The van der Waals surface area contributed by atoms with Gasteiger partial charge in [-0.1, -0.05) is 91.0 Å². The number of aromatic nitrogens is 8. The molecule has 32 heteroatoms. The Bertz CT molecular complexity index is 5900. The number of methoxy groups -OCH3 is 3. The summed E-state index contributed by atoms with van der Waals surface area (Å²) in [6.45, 7) is 7.37. The van der Waals surface area contributed by atoms with E-state index in [1.807, 2.05) is 128 Å². The van der Waals surface area contributed by atoms with Crippen LogP contribution in [0.3, 0.4) is 0 Å². The summed E-state index contributed by atoms with van der Waals surface area (Å²) in [6, 6.07) is 49.3. The van der Waals surface area contributed by atoms with E-state index in [4.69, 9.17) is 49.9 Å². The second-order valence-corrected chi connectivity index (χ2v) is 28.8. The Hall–Kier alpha value is -14.5. The van der Waals surface area contributed by atoms with Gasteiger partial charge in [0.2, 0.25) is 5.88 Å². The third kappa shape index (κ3) is 17.7. The second kappa shape index (κ2) is 35.0. The average molecular weight is 1590 g/mol. The Kier molecular flexibility index (Phi) is 23.9. The molecule has 0 bridgehead atoms. The van der Waals surface area contributed by atoms with Crippen LogP contribution in [-0.4, -0.2) is 95.5 Å². The quantitative estimate of drug-likeness (QED) is 0.0456. The van der Waals surface area contributed by atoms with Crippen LogP contribution in [0.4, 0.5) is 19.2 Å². The van der Waals surface area contributed by atoms with Gasteiger partial charge in [-0.3, -0.25) is 0 Å². The fourth-order valence-electron chi connectivity index (χ4n) is 12.6. The average Bonchev–Trinajstić information content (AvgIpc) is 1.34. The van der Waals surface area contributed by atoms with Gasteiger partial charge in [0.15, 0.2) is 0 Å². The number of hydrogen-bond acceptors (Lipinski definition) is 24. The Morgan fingerprint density at radius 3 is 1.03 bits per heavy atom. The van der Waals surface area contributed by atoms with Crippen molar-refractivity contribution in [1.29, 1.82) is 15.8 Å². The van der Waals surface area contributed by atoms with Gasteiger partial charge < -0.3 is 67.0 Å². The van der Waals surface area contributed by atoms with E-state index in [9.17, 15) is 29.4 Å². The number of urea groups is 4. The molecule has 0 spiro atoms. The molecule has 8 amide bonds. The lowest BCUT2D eigenvalue weighted by Gasteiger charge is -2.28. The maximum absolute atomic E-state index is 12.2. The van der Waals surface area contributed by atoms with E-state index in [0.717, 1.165) is 121 Å². The van der Waals surface area contributed by atoms with Crippen molar-refractivity contribution < 1.29 is 43.6 Å². The zero-order valence-electron chi connectivity index (χ0n) is 61.6. The van der Waals surface area contributed by atoms with E-state index in [1.165, 1.54) is 66.7 Å². The Morgan fingerprint density at radius 1 is 0.368 bits per heavy atom. The number of nitrogens with one attached hydrogen (secondary N) is 8. The van der Waals surface area contributed by atoms with Crippen LogP contribution in [-0.2, 0) is 0 Å². The van der Waals surface area contributed by atoms with E-state index in [0.29, 0.717) is 33.8 Å². The van der Waals surface area contributed by atoms with Crippen molar-refractivity contribution in [2.45, 2.75) is 51.9 Å². The van der Waals surface area contributed by atoms with Crippen molar-refractivity contribution in [2.75, 3.05) is 21.3 Å². The van der Waals surface area contributed by atoms with Crippen molar-refractivity contribution in [3.63, 3.8) is 0 Å². The van der Waals surface area contributed by atoms with Crippen molar-refractivity contribution in [3.8, 4) is 92.6 Å². The Labute approximate surface area is 668 Å². The van der Waals surface area contributed by atoms with Gasteiger partial charge >= 0.3 is 36.1 Å². The van der Waals surface area contributed by atoms with Gasteiger partial charge in [-0.2, -0.15) is 20.8 Å². The summed E-state index contributed by atoms with van der Waals surface area (Å²) in [4.78, 5) is 84.2. The highest BCUT2D eigenvalue weighted by Crippen LogP contribution is 2.44. The largest absolute Gasteiger partial charge is 0.508 e. The molecule has 0 radical (unpaired) electrons. The number of phenolic OH excluding ortho intramolecular Hbond substituents is 2. The molecule has 10 heterocycles. The predicted molar refractivity (Wildman–Crippen MR) is 432 cm³/mol. The summed E-state index contributed by atoms with van der Waals surface area (Å²) in [5, 5.41) is 80.5. The van der Waals surface area contributed by atoms with Crippen molar-refractivity contribution in [1.82, 2.24) is 82.4 Å². The number of carbonyl (C=O) groups is 4. The normalized spacial score (nSPS) is 16.2. The van der Waals surface area contributed by atoms with Crippen molar-refractivity contribution >= 4 is 91.8 Å². The highest BCUT2D eigenvalue weighted by atomic mass is 32.1. The summed E-state index contributed by atoms with van der Waals surface area (Å²) in [7, 11) is 4.46. The molecule has 0 fully saturated rings. The molecule has 6 aromatic heterocycles. The summed E-state index contributed by atoms with van der Waals surface area (Å²) in [5.74, 6) is 0.601. The van der Waals surface area contributed by atoms with Gasteiger partial charge in [0.25, 0.3) is 0 Å². The number of amides is 8. The topological polar surface area (TPSA) is 407 Å². The molecule has 0 aliphatic carbocycles. The van der Waals surface area contributed by atoms with Crippen LogP contribution in [0.1, 0.15) is 111 Å². The molecule has 568 valence electrons. The minimum atomic E-state index is -0.561. The molecule has 114 heavy (non-hydrogen) atoms. The number of thiazole rings is 4. The predicted octanol–water partition coefficient (Wildman–Crippen LogP) is 15.0. The highest BCUT2D eigenvalue weighted by molar-refractivity contribution is 7.12. The zero-order chi connectivity index (χ0) is 80.1. The third-order valence-corrected chi connectivity index (χ3v) is 21.5. The van der Waals surface area contributed by atoms with Crippen LogP contribution in [0, 0.1) is 34.0 Å². The highest BCUT2D eigenvalue weighted by Gasteiger charge is 2.36. The van der Waals surface area contributed by atoms with Gasteiger partial charge in [0, 0.05) is 113 Å². The molecular formula is C82H67N19O9S4. The van der Waals surface area contributed by atoms with Gasteiger partial charge in [-0.25, -0.2) is 54.1 Å². The SMILES string of the molecule is CC1=C(c2nc(-c3ccc(C#N)cc3)cs2)C(c2cccc(O)c2)NC(=O)N1.CC1=C(c2nc(-c3ccccc3)cs2)C(c2cccc(O)c2)NC(=O)N1.COc1ncc(C2NC(=O)NC(C)=C2c2nc(-c3ccc(C#N)cc3)cs2)c(OC)n1.COc1ncc(C2NC(=O)NC(C)=C2c2nc(-c3ccc(C#N)cc3)cs2)cn1.